The monoisotopic (exact) mass is 342 g/mol. The molecule has 134 valence electrons. The third kappa shape index (κ3) is 7.21. The van der Waals surface area contributed by atoms with E-state index in [1.54, 1.807) is 0 Å². The molecular formula is C23H28F2. The van der Waals surface area contributed by atoms with Crippen molar-refractivity contribution in [3.05, 3.63) is 71.8 Å². The maximum Gasteiger partial charge on any atom is 0.266 e. The molecule has 0 aromatic heterocycles. The quantitative estimate of drug-likeness (QED) is 0.390. The number of allylic oxidation sites excluding steroid dienone is 1. The number of hydrogen-bond donors (Lipinski definition) is 0. The summed E-state index contributed by atoms with van der Waals surface area (Å²) in [6, 6.07) is 17.0. The van der Waals surface area contributed by atoms with E-state index < -0.39 is 6.08 Å². The van der Waals surface area contributed by atoms with Gasteiger partial charge in [-0.05, 0) is 54.0 Å². The topological polar surface area (TPSA) is 0 Å². The zero-order valence-electron chi connectivity index (χ0n) is 15.1. The maximum absolute atomic E-state index is 12.0. The van der Waals surface area contributed by atoms with Gasteiger partial charge in [-0.1, -0.05) is 81.1 Å². The lowest BCUT2D eigenvalue weighted by Crippen LogP contribution is -1.87. The molecule has 0 atom stereocenters. The predicted molar refractivity (Wildman–Crippen MR) is 103 cm³/mol. The Hall–Kier alpha value is -1.96. The summed E-state index contributed by atoms with van der Waals surface area (Å²) in [6.07, 6.45) is 8.13. The highest BCUT2D eigenvalue weighted by molar-refractivity contribution is 5.64. The molecular weight excluding hydrogens is 314 g/mol. The zero-order valence-corrected chi connectivity index (χ0v) is 15.1. The third-order valence-electron chi connectivity index (χ3n) is 4.54. The van der Waals surface area contributed by atoms with Crippen molar-refractivity contribution in [2.75, 3.05) is 0 Å². The highest BCUT2D eigenvalue weighted by Gasteiger charge is 2.00. The molecule has 0 aliphatic carbocycles. The standard InChI is InChI=1S/C23H28F2/c1-2-3-4-5-6-8-19-11-15-21(16-12-19)22-17-13-20(14-18-22)9-7-10-23(24)25/h10-18H,2-9H2,1H3. The first kappa shape index (κ1) is 19.4. The SMILES string of the molecule is CCCCCCCc1ccc(-c2ccc(CCC=C(F)F)cc2)cc1. The molecule has 0 amide bonds. The normalized spacial score (nSPS) is 10.7. The number of aryl methyl sites for hydroxylation is 2. The first-order chi connectivity index (χ1) is 12.2. The zero-order chi connectivity index (χ0) is 17.9. The van der Waals surface area contributed by atoms with Gasteiger partial charge in [0.1, 0.15) is 0 Å². The largest absolute Gasteiger partial charge is 0.266 e. The Labute approximate surface area is 150 Å². The molecule has 2 aromatic carbocycles. The van der Waals surface area contributed by atoms with Gasteiger partial charge >= 0.3 is 0 Å². The lowest BCUT2D eigenvalue weighted by molar-refractivity contribution is 0.417. The van der Waals surface area contributed by atoms with Crippen molar-refractivity contribution < 1.29 is 8.78 Å². The van der Waals surface area contributed by atoms with Crippen molar-refractivity contribution in [1.29, 1.82) is 0 Å². The fourth-order valence-corrected chi connectivity index (χ4v) is 3.01. The molecule has 0 heterocycles. The van der Waals surface area contributed by atoms with Crippen LogP contribution in [0.2, 0.25) is 0 Å². The van der Waals surface area contributed by atoms with E-state index in [1.165, 1.54) is 48.8 Å². The Balaban J connectivity index is 1.85. The van der Waals surface area contributed by atoms with Gasteiger partial charge in [-0.3, -0.25) is 0 Å². The summed E-state index contributed by atoms with van der Waals surface area (Å²) in [6.45, 7) is 2.24. The summed E-state index contributed by atoms with van der Waals surface area (Å²) in [7, 11) is 0. The number of unbranched alkanes of at least 4 members (excludes halogenated alkanes) is 4. The van der Waals surface area contributed by atoms with Gasteiger partial charge in [0.15, 0.2) is 0 Å². The number of benzene rings is 2. The molecule has 2 aromatic rings. The first-order valence-electron chi connectivity index (χ1n) is 9.38. The van der Waals surface area contributed by atoms with Crippen LogP contribution in [0.5, 0.6) is 0 Å². The van der Waals surface area contributed by atoms with Gasteiger partial charge in [-0.25, -0.2) is 0 Å². The average molecular weight is 342 g/mol. The Morgan fingerprint density at radius 2 is 1.24 bits per heavy atom. The Kier molecular flexibility index (Phi) is 8.38. The van der Waals surface area contributed by atoms with Crippen LogP contribution in [0.25, 0.3) is 11.1 Å². The van der Waals surface area contributed by atoms with E-state index in [1.807, 2.05) is 12.1 Å². The molecule has 0 bridgehead atoms. The molecule has 0 fully saturated rings. The molecule has 0 radical (unpaired) electrons. The van der Waals surface area contributed by atoms with Crippen LogP contribution in [0.4, 0.5) is 8.78 Å². The third-order valence-corrected chi connectivity index (χ3v) is 4.54. The van der Waals surface area contributed by atoms with Crippen LogP contribution in [-0.4, -0.2) is 0 Å². The van der Waals surface area contributed by atoms with Gasteiger partial charge in [-0.15, -0.1) is 0 Å². The highest BCUT2D eigenvalue weighted by atomic mass is 19.3. The van der Waals surface area contributed by atoms with E-state index in [9.17, 15) is 8.78 Å². The molecule has 0 N–H and O–H groups in total. The van der Waals surface area contributed by atoms with Crippen LogP contribution in [0.15, 0.2) is 60.7 Å². The minimum absolute atomic E-state index is 0.384. The Bertz CT molecular complexity index is 635. The molecule has 0 aliphatic heterocycles. The molecule has 0 saturated carbocycles. The van der Waals surface area contributed by atoms with E-state index in [2.05, 4.69) is 43.3 Å². The fourth-order valence-electron chi connectivity index (χ4n) is 3.01. The number of rotatable bonds is 10. The van der Waals surface area contributed by atoms with Gasteiger partial charge in [0.25, 0.3) is 6.08 Å². The molecule has 2 heteroatoms. The van der Waals surface area contributed by atoms with Crippen molar-refractivity contribution in [3.63, 3.8) is 0 Å². The minimum atomic E-state index is -1.60. The molecule has 0 saturated heterocycles. The highest BCUT2D eigenvalue weighted by Crippen LogP contribution is 2.22. The predicted octanol–water partition coefficient (Wildman–Crippen LogP) is 7.58. The van der Waals surface area contributed by atoms with Gasteiger partial charge in [0.05, 0.1) is 0 Å². The van der Waals surface area contributed by atoms with Crippen molar-refractivity contribution >= 4 is 0 Å². The van der Waals surface area contributed by atoms with Gasteiger partial charge in [-0.2, -0.15) is 8.78 Å². The lowest BCUT2D eigenvalue weighted by atomic mass is 9.99. The number of halogens is 2. The molecule has 25 heavy (non-hydrogen) atoms. The van der Waals surface area contributed by atoms with Crippen molar-refractivity contribution in [1.82, 2.24) is 0 Å². The average Bonchev–Trinajstić information content (AvgIpc) is 2.62. The maximum atomic E-state index is 12.0. The summed E-state index contributed by atoms with van der Waals surface area (Å²) in [5.74, 6) is 0. The van der Waals surface area contributed by atoms with Crippen LogP contribution in [0, 0.1) is 0 Å². The van der Waals surface area contributed by atoms with Crippen LogP contribution < -0.4 is 0 Å². The second-order valence-corrected chi connectivity index (χ2v) is 6.59. The first-order valence-corrected chi connectivity index (χ1v) is 9.38. The Morgan fingerprint density at radius 3 is 1.76 bits per heavy atom. The molecule has 2 rings (SSSR count). The Morgan fingerprint density at radius 1 is 0.720 bits per heavy atom. The number of hydrogen-bond acceptors (Lipinski definition) is 0. The van der Waals surface area contributed by atoms with E-state index in [0.29, 0.717) is 12.8 Å². The molecule has 0 unspecified atom stereocenters. The van der Waals surface area contributed by atoms with Crippen LogP contribution in [0.1, 0.15) is 56.6 Å². The van der Waals surface area contributed by atoms with E-state index in [-0.39, 0.29) is 0 Å². The summed E-state index contributed by atoms with van der Waals surface area (Å²) in [5.41, 5.74) is 4.86. The van der Waals surface area contributed by atoms with E-state index in [4.69, 9.17) is 0 Å². The van der Waals surface area contributed by atoms with Gasteiger partial charge < -0.3 is 0 Å². The fraction of sp³-hybridized carbons (Fsp3) is 0.391. The van der Waals surface area contributed by atoms with Crippen molar-refractivity contribution in [3.8, 4) is 11.1 Å². The second kappa shape index (κ2) is 10.8. The lowest BCUT2D eigenvalue weighted by Gasteiger charge is -2.06. The molecule has 0 nitrogen and oxygen atoms in total. The summed E-state index contributed by atoms with van der Waals surface area (Å²) >= 11 is 0. The van der Waals surface area contributed by atoms with Crippen molar-refractivity contribution in [2.24, 2.45) is 0 Å². The van der Waals surface area contributed by atoms with Gasteiger partial charge in [0.2, 0.25) is 0 Å². The van der Waals surface area contributed by atoms with Crippen molar-refractivity contribution in [2.45, 2.75) is 58.3 Å². The van der Waals surface area contributed by atoms with Gasteiger partial charge in [0, 0.05) is 0 Å². The van der Waals surface area contributed by atoms with E-state index >= 15 is 0 Å². The molecule has 0 spiro atoms. The summed E-state index contributed by atoms with van der Waals surface area (Å²) in [4.78, 5) is 0. The van der Waals surface area contributed by atoms with Crippen LogP contribution in [-0.2, 0) is 12.8 Å². The van der Waals surface area contributed by atoms with Crippen LogP contribution in [0.3, 0.4) is 0 Å². The van der Waals surface area contributed by atoms with Crippen LogP contribution >= 0.6 is 0 Å². The second-order valence-electron chi connectivity index (χ2n) is 6.59. The summed E-state index contributed by atoms with van der Waals surface area (Å²) < 4.78 is 24.1. The summed E-state index contributed by atoms with van der Waals surface area (Å²) in [5, 5.41) is 0. The minimum Gasteiger partial charge on any atom is -0.174 e. The smallest absolute Gasteiger partial charge is 0.174 e. The molecule has 0 aliphatic rings. The van der Waals surface area contributed by atoms with E-state index in [0.717, 1.165) is 18.1 Å².